The molecule has 0 aliphatic carbocycles. The van der Waals surface area contributed by atoms with Gasteiger partial charge in [-0.3, -0.25) is 11.3 Å². The lowest BCUT2D eigenvalue weighted by Crippen LogP contribution is -2.28. The van der Waals surface area contributed by atoms with Crippen molar-refractivity contribution < 1.29 is 4.74 Å². The minimum Gasteiger partial charge on any atom is -0.496 e. The molecule has 0 aliphatic rings. The Morgan fingerprint density at radius 2 is 2.31 bits per heavy atom. The molecule has 88 valence electrons. The molecule has 3 nitrogen and oxygen atoms in total. The molecular weight excluding hydrogens is 224 g/mol. The second-order valence-corrected chi connectivity index (χ2v) is 4.20. The van der Waals surface area contributed by atoms with Crippen molar-refractivity contribution in [1.29, 1.82) is 0 Å². The number of halogens is 1. The minimum absolute atomic E-state index is 0.00952. The van der Waals surface area contributed by atoms with Gasteiger partial charge in [0.05, 0.1) is 13.2 Å². The van der Waals surface area contributed by atoms with Crippen LogP contribution in [0.1, 0.15) is 24.9 Å². The van der Waals surface area contributed by atoms with Crippen LogP contribution in [0.4, 0.5) is 0 Å². The van der Waals surface area contributed by atoms with Crippen LogP contribution in [0.25, 0.3) is 0 Å². The van der Waals surface area contributed by atoms with Crippen molar-refractivity contribution in [1.82, 2.24) is 5.43 Å². The fourth-order valence-corrected chi connectivity index (χ4v) is 1.74. The van der Waals surface area contributed by atoms with Crippen LogP contribution in [0, 0.1) is 0 Å². The summed E-state index contributed by atoms with van der Waals surface area (Å²) >= 11 is 5.90. The molecule has 0 spiro atoms. The van der Waals surface area contributed by atoms with Gasteiger partial charge in [0.15, 0.2) is 0 Å². The Bertz CT molecular complexity index is 379. The molecule has 1 atom stereocenters. The number of nitrogens with one attached hydrogen (secondary N) is 1. The average Bonchev–Trinajstić information content (AvgIpc) is 2.25. The van der Waals surface area contributed by atoms with Crippen molar-refractivity contribution >= 4 is 11.6 Å². The van der Waals surface area contributed by atoms with Gasteiger partial charge in [0.2, 0.25) is 0 Å². The highest BCUT2D eigenvalue weighted by atomic mass is 35.5. The predicted octanol–water partition coefficient (Wildman–Crippen LogP) is 2.82. The van der Waals surface area contributed by atoms with Crippen LogP contribution >= 0.6 is 11.6 Å². The molecule has 0 aliphatic heterocycles. The third-order valence-corrected chi connectivity index (χ3v) is 2.56. The lowest BCUT2D eigenvalue weighted by Gasteiger charge is -2.19. The number of benzene rings is 1. The first-order chi connectivity index (χ1) is 7.58. The van der Waals surface area contributed by atoms with Gasteiger partial charge in [-0.1, -0.05) is 23.2 Å². The van der Waals surface area contributed by atoms with Crippen LogP contribution in [0.15, 0.2) is 30.4 Å². The van der Waals surface area contributed by atoms with E-state index >= 15 is 0 Å². The monoisotopic (exact) mass is 240 g/mol. The van der Waals surface area contributed by atoms with E-state index in [9.17, 15) is 0 Å². The van der Waals surface area contributed by atoms with Crippen LogP contribution in [0.5, 0.6) is 5.75 Å². The summed E-state index contributed by atoms with van der Waals surface area (Å²) < 4.78 is 5.28. The molecule has 0 aromatic heterocycles. The zero-order valence-electron chi connectivity index (χ0n) is 9.59. The molecular formula is C12H17ClN2O. The lowest BCUT2D eigenvalue weighted by molar-refractivity contribution is 0.399. The molecule has 0 heterocycles. The van der Waals surface area contributed by atoms with E-state index in [1.807, 2.05) is 19.1 Å². The maximum absolute atomic E-state index is 5.90. The highest BCUT2D eigenvalue weighted by molar-refractivity contribution is 6.30. The zero-order chi connectivity index (χ0) is 12.1. The van der Waals surface area contributed by atoms with E-state index in [4.69, 9.17) is 22.2 Å². The lowest BCUT2D eigenvalue weighted by atomic mass is 10.00. The van der Waals surface area contributed by atoms with Crippen molar-refractivity contribution in [2.75, 3.05) is 7.11 Å². The summed E-state index contributed by atoms with van der Waals surface area (Å²) in [4.78, 5) is 0. The van der Waals surface area contributed by atoms with Crippen molar-refractivity contribution in [2.45, 2.75) is 19.4 Å². The minimum atomic E-state index is -0.00952. The normalized spacial score (nSPS) is 12.2. The first-order valence-electron chi connectivity index (χ1n) is 5.02. The summed E-state index contributed by atoms with van der Waals surface area (Å²) in [5.41, 5.74) is 4.80. The zero-order valence-corrected chi connectivity index (χ0v) is 10.3. The van der Waals surface area contributed by atoms with Gasteiger partial charge in [0.1, 0.15) is 5.75 Å². The quantitative estimate of drug-likeness (QED) is 0.473. The summed E-state index contributed by atoms with van der Waals surface area (Å²) in [6, 6.07) is 5.50. The Morgan fingerprint density at radius 1 is 1.62 bits per heavy atom. The molecule has 1 unspecified atom stereocenters. The standard InChI is InChI=1S/C12H17ClN2O/c1-8(2)6-11(15-14)10-5-4-9(13)7-12(10)16-3/h4-5,7,11,15H,1,6,14H2,2-3H3. The van der Waals surface area contributed by atoms with E-state index in [1.165, 1.54) is 0 Å². The second-order valence-electron chi connectivity index (χ2n) is 3.77. The largest absolute Gasteiger partial charge is 0.496 e. The highest BCUT2D eigenvalue weighted by Crippen LogP contribution is 2.30. The SMILES string of the molecule is C=C(C)CC(NN)c1ccc(Cl)cc1OC. The molecule has 0 fully saturated rings. The van der Waals surface area contributed by atoms with E-state index < -0.39 is 0 Å². The van der Waals surface area contributed by atoms with Crippen molar-refractivity contribution in [3.8, 4) is 5.75 Å². The Hall–Kier alpha value is -1.03. The molecule has 3 N–H and O–H groups in total. The average molecular weight is 241 g/mol. The Balaban J connectivity index is 3.03. The van der Waals surface area contributed by atoms with Gasteiger partial charge in [-0.25, -0.2) is 0 Å². The van der Waals surface area contributed by atoms with Gasteiger partial charge in [-0.15, -0.1) is 6.58 Å². The highest BCUT2D eigenvalue weighted by Gasteiger charge is 2.15. The smallest absolute Gasteiger partial charge is 0.125 e. The molecule has 1 aromatic carbocycles. The van der Waals surface area contributed by atoms with Crippen LogP contribution in [-0.2, 0) is 0 Å². The molecule has 16 heavy (non-hydrogen) atoms. The first kappa shape index (κ1) is 13.0. The summed E-state index contributed by atoms with van der Waals surface area (Å²) in [6.07, 6.45) is 0.758. The van der Waals surface area contributed by atoms with E-state index in [0.29, 0.717) is 5.02 Å². The number of ether oxygens (including phenoxy) is 1. The second kappa shape index (κ2) is 5.89. The first-order valence-corrected chi connectivity index (χ1v) is 5.40. The van der Waals surface area contributed by atoms with Gasteiger partial charge in [0, 0.05) is 10.6 Å². The van der Waals surface area contributed by atoms with Crippen LogP contribution in [0.3, 0.4) is 0 Å². The molecule has 0 saturated carbocycles. The van der Waals surface area contributed by atoms with Crippen LogP contribution in [-0.4, -0.2) is 7.11 Å². The molecule has 1 rings (SSSR count). The summed E-state index contributed by atoms with van der Waals surface area (Å²) in [6.45, 7) is 5.84. The van der Waals surface area contributed by atoms with Gasteiger partial charge < -0.3 is 4.74 Å². The maximum Gasteiger partial charge on any atom is 0.125 e. The van der Waals surface area contributed by atoms with E-state index in [1.54, 1.807) is 13.2 Å². The van der Waals surface area contributed by atoms with Gasteiger partial charge in [0.25, 0.3) is 0 Å². The Kier molecular flexibility index (Phi) is 4.80. The van der Waals surface area contributed by atoms with Gasteiger partial charge >= 0.3 is 0 Å². The van der Waals surface area contributed by atoms with Crippen molar-refractivity contribution in [3.63, 3.8) is 0 Å². The fraction of sp³-hybridized carbons (Fsp3) is 0.333. The van der Waals surface area contributed by atoms with E-state index in [2.05, 4.69) is 12.0 Å². The maximum atomic E-state index is 5.90. The molecule has 0 saturated heterocycles. The summed E-state index contributed by atoms with van der Waals surface area (Å²) in [5.74, 6) is 6.27. The number of hydrogen-bond donors (Lipinski definition) is 2. The van der Waals surface area contributed by atoms with E-state index in [0.717, 1.165) is 23.3 Å². The fourth-order valence-electron chi connectivity index (χ4n) is 1.58. The summed E-state index contributed by atoms with van der Waals surface area (Å²) in [5, 5.41) is 0.645. The molecule has 0 bridgehead atoms. The van der Waals surface area contributed by atoms with Crippen molar-refractivity contribution in [3.05, 3.63) is 40.9 Å². The number of nitrogens with two attached hydrogens (primary N) is 1. The number of hydrogen-bond acceptors (Lipinski definition) is 3. The molecule has 0 radical (unpaired) electrons. The molecule has 1 aromatic rings. The number of methoxy groups -OCH3 is 1. The Labute approximate surface area is 101 Å². The van der Waals surface area contributed by atoms with Crippen LogP contribution < -0.4 is 16.0 Å². The molecule has 0 amide bonds. The van der Waals surface area contributed by atoms with E-state index in [-0.39, 0.29) is 6.04 Å². The van der Waals surface area contributed by atoms with Crippen LogP contribution in [0.2, 0.25) is 5.02 Å². The number of rotatable bonds is 5. The predicted molar refractivity (Wildman–Crippen MR) is 67.5 cm³/mol. The summed E-state index contributed by atoms with van der Waals surface area (Å²) in [7, 11) is 1.61. The Morgan fingerprint density at radius 3 is 2.81 bits per heavy atom. The molecule has 4 heteroatoms. The third kappa shape index (κ3) is 3.23. The van der Waals surface area contributed by atoms with Crippen molar-refractivity contribution in [2.24, 2.45) is 5.84 Å². The number of hydrazine groups is 1. The topological polar surface area (TPSA) is 47.3 Å². The van der Waals surface area contributed by atoms with Gasteiger partial charge in [-0.05, 0) is 25.5 Å². The van der Waals surface area contributed by atoms with Gasteiger partial charge in [-0.2, -0.15) is 0 Å². The third-order valence-electron chi connectivity index (χ3n) is 2.32.